The zero-order chi connectivity index (χ0) is 18.3. The molecular weight excluding hydrogens is 318 g/mol. The number of aryl methyl sites for hydroxylation is 2. The number of hydrogen-bond donors (Lipinski definition) is 1. The van der Waals surface area contributed by atoms with Gasteiger partial charge in [0.25, 0.3) is 0 Å². The molecule has 0 amide bonds. The van der Waals surface area contributed by atoms with E-state index in [1.54, 1.807) is 0 Å². The van der Waals surface area contributed by atoms with Crippen LogP contribution in [0.3, 0.4) is 0 Å². The van der Waals surface area contributed by atoms with Gasteiger partial charge in [-0.2, -0.15) is 5.10 Å². The maximum atomic E-state index is 4.45. The number of likely N-dealkylation sites (N-methyl/N-ethyl adjacent to an activating group) is 1. The Morgan fingerprint density at radius 2 is 1.77 bits per heavy atom. The van der Waals surface area contributed by atoms with Crippen molar-refractivity contribution < 1.29 is 0 Å². The zero-order valence-corrected chi connectivity index (χ0v) is 16.4. The number of rotatable bonds is 6. The van der Waals surface area contributed by atoms with Crippen molar-refractivity contribution in [1.29, 1.82) is 0 Å². The zero-order valence-electron chi connectivity index (χ0n) is 16.4. The first kappa shape index (κ1) is 17.3. The normalized spacial score (nSPS) is 15.7. The van der Waals surface area contributed by atoms with E-state index in [1.165, 1.54) is 52.6 Å². The Bertz CT molecular complexity index is 913. The van der Waals surface area contributed by atoms with E-state index >= 15 is 0 Å². The second-order valence-corrected chi connectivity index (χ2v) is 7.83. The Morgan fingerprint density at radius 3 is 2.38 bits per heavy atom. The van der Waals surface area contributed by atoms with Gasteiger partial charge in [-0.1, -0.05) is 44.2 Å². The minimum absolute atomic E-state index is 0.391. The summed E-state index contributed by atoms with van der Waals surface area (Å²) >= 11 is 0. The van der Waals surface area contributed by atoms with Gasteiger partial charge < -0.3 is 4.90 Å². The molecule has 26 heavy (non-hydrogen) atoms. The Morgan fingerprint density at radius 1 is 1.08 bits per heavy atom. The quantitative estimate of drug-likeness (QED) is 0.663. The van der Waals surface area contributed by atoms with Crippen LogP contribution in [-0.4, -0.2) is 34.7 Å². The van der Waals surface area contributed by atoms with E-state index in [1.807, 2.05) is 6.20 Å². The van der Waals surface area contributed by atoms with E-state index < -0.39 is 0 Å². The third-order valence-corrected chi connectivity index (χ3v) is 6.27. The average molecular weight is 348 g/mol. The fraction of sp³-hybridized carbons (Fsp3) is 0.435. The van der Waals surface area contributed by atoms with Gasteiger partial charge in [-0.05, 0) is 67.6 Å². The Balaban J connectivity index is 1.66. The van der Waals surface area contributed by atoms with Gasteiger partial charge in [0.05, 0.1) is 5.52 Å². The van der Waals surface area contributed by atoms with Crippen LogP contribution in [0.2, 0.25) is 0 Å². The number of H-pyrrole nitrogens is 1. The molecule has 0 radical (unpaired) electrons. The van der Waals surface area contributed by atoms with Crippen LogP contribution in [0.5, 0.6) is 0 Å². The van der Waals surface area contributed by atoms with Gasteiger partial charge >= 0.3 is 0 Å². The van der Waals surface area contributed by atoms with Crippen molar-refractivity contribution in [3.8, 4) is 11.1 Å². The van der Waals surface area contributed by atoms with Crippen molar-refractivity contribution in [2.75, 3.05) is 19.6 Å². The Hall–Kier alpha value is -2.13. The summed E-state index contributed by atoms with van der Waals surface area (Å²) in [6, 6.07) is 11.6. The van der Waals surface area contributed by atoms with E-state index in [4.69, 9.17) is 0 Å². The lowest BCUT2D eigenvalue weighted by atomic mass is 9.91. The minimum Gasteiger partial charge on any atom is -0.303 e. The number of aromatic nitrogens is 2. The standard InChI is InChI=1S/C23H29N3/c1-5-26(6-2)15-23(11-12-23)19-9-7-18(8-10-19)20-13-16(3)21-14-24-25-22(21)17(20)4/h7-10,13-14H,5-6,11-12,15H2,1-4H3,(H,24,25). The maximum Gasteiger partial charge on any atom is 0.0958 e. The summed E-state index contributed by atoms with van der Waals surface area (Å²) in [5.41, 5.74) is 8.09. The lowest BCUT2D eigenvalue weighted by Gasteiger charge is -2.25. The van der Waals surface area contributed by atoms with E-state index in [0.717, 1.165) is 18.6 Å². The summed E-state index contributed by atoms with van der Waals surface area (Å²) in [4.78, 5) is 2.56. The predicted molar refractivity (Wildman–Crippen MR) is 110 cm³/mol. The van der Waals surface area contributed by atoms with Crippen LogP contribution in [0.25, 0.3) is 22.0 Å². The van der Waals surface area contributed by atoms with Crippen LogP contribution in [-0.2, 0) is 5.41 Å². The molecule has 3 heteroatoms. The molecule has 0 bridgehead atoms. The summed E-state index contributed by atoms with van der Waals surface area (Å²) in [5.74, 6) is 0. The lowest BCUT2D eigenvalue weighted by Crippen LogP contribution is -2.32. The molecule has 0 aliphatic heterocycles. The Labute approximate surface area is 156 Å². The molecule has 1 saturated carbocycles. The first-order chi connectivity index (χ1) is 12.6. The van der Waals surface area contributed by atoms with Crippen LogP contribution >= 0.6 is 0 Å². The topological polar surface area (TPSA) is 31.9 Å². The van der Waals surface area contributed by atoms with E-state index in [0.29, 0.717) is 5.41 Å². The number of fused-ring (bicyclic) bond motifs is 1. The molecule has 0 spiro atoms. The van der Waals surface area contributed by atoms with Gasteiger partial charge in [0, 0.05) is 23.5 Å². The van der Waals surface area contributed by atoms with Crippen LogP contribution in [0.15, 0.2) is 36.5 Å². The summed E-state index contributed by atoms with van der Waals surface area (Å²) in [6.45, 7) is 12.3. The molecule has 1 aliphatic carbocycles. The van der Waals surface area contributed by atoms with Crippen LogP contribution in [0.4, 0.5) is 0 Å². The second-order valence-electron chi connectivity index (χ2n) is 7.83. The molecule has 0 atom stereocenters. The van der Waals surface area contributed by atoms with Crippen molar-refractivity contribution in [3.63, 3.8) is 0 Å². The van der Waals surface area contributed by atoms with Crippen molar-refractivity contribution in [1.82, 2.24) is 15.1 Å². The number of nitrogens with zero attached hydrogens (tertiary/aromatic N) is 2. The molecule has 1 heterocycles. The monoisotopic (exact) mass is 347 g/mol. The fourth-order valence-corrected chi connectivity index (χ4v) is 4.27. The summed E-state index contributed by atoms with van der Waals surface area (Å²) < 4.78 is 0. The first-order valence-electron chi connectivity index (χ1n) is 9.85. The van der Waals surface area contributed by atoms with Crippen LogP contribution in [0.1, 0.15) is 43.4 Å². The summed E-state index contributed by atoms with van der Waals surface area (Å²) in [5, 5.41) is 8.68. The molecule has 4 rings (SSSR count). The van der Waals surface area contributed by atoms with Gasteiger partial charge in [0.2, 0.25) is 0 Å². The van der Waals surface area contributed by atoms with Gasteiger partial charge in [0.15, 0.2) is 0 Å². The van der Waals surface area contributed by atoms with Crippen molar-refractivity contribution >= 4 is 10.9 Å². The van der Waals surface area contributed by atoms with Gasteiger partial charge in [-0.15, -0.1) is 0 Å². The van der Waals surface area contributed by atoms with Gasteiger partial charge in [0.1, 0.15) is 0 Å². The van der Waals surface area contributed by atoms with Gasteiger partial charge in [-0.25, -0.2) is 0 Å². The summed E-state index contributed by atoms with van der Waals surface area (Å²) in [7, 11) is 0. The van der Waals surface area contributed by atoms with Gasteiger partial charge in [-0.3, -0.25) is 5.10 Å². The smallest absolute Gasteiger partial charge is 0.0958 e. The molecule has 1 fully saturated rings. The van der Waals surface area contributed by atoms with Crippen LogP contribution < -0.4 is 0 Å². The largest absolute Gasteiger partial charge is 0.303 e. The summed E-state index contributed by atoms with van der Waals surface area (Å²) in [6.07, 6.45) is 4.63. The molecule has 1 aliphatic rings. The fourth-order valence-electron chi connectivity index (χ4n) is 4.27. The lowest BCUT2D eigenvalue weighted by molar-refractivity contribution is 0.275. The predicted octanol–water partition coefficient (Wildman–Crippen LogP) is 5.22. The van der Waals surface area contributed by atoms with E-state index in [-0.39, 0.29) is 0 Å². The highest BCUT2D eigenvalue weighted by Crippen LogP contribution is 2.49. The minimum atomic E-state index is 0.391. The average Bonchev–Trinajstić information content (AvgIpc) is 3.27. The van der Waals surface area contributed by atoms with Crippen molar-refractivity contribution in [2.45, 2.75) is 46.0 Å². The van der Waals surface area contributed by atoms with Crippen LogP contribution in [0, 0.1) is 13.8 Å². The van der Waals surface area contributed by atoms with E-state index in [9.17, 15) is 0 Å². The first-order valence-corrected chi connectivity index (χ1v) is 9.85. The molecule has 1 N–H and O–H groups in total. The number of aromatic amines is 1. The highest BCUT2D eigenvalue weighted by atomic mass is 15.1. The van der Waals surface area contributed by atoms with E-state index in [2.05, 4.69) is 73.1 Å². The van der Waals surface area contributed by atoms with Crippen molar-refractivity contribution in [2.24, 2.45) is 0 Å². The molecule has 3 aromatic rings. The molecule has 0 saturated heterocycles. The van der Waals surface area contributed by atoms with Crippen molar-refractivity contribution in [3.05, 3.63) is 53.2 Å². The maximum absolute atomic E-state index is 4.45. The SMILES string of the molecule is CCN(CC)CC1(c2ccc(-c3cc(C)c4c[nH]nc4c3C)cc2)CC1. The molecule has 136 valence electrons. The molecule has 1 aromatic heterocycles. The number of hydrogen-bond acceptors (Lipinski definition) is 2. The third kappa shape index (κ3) is 2.84. The number of nitrogens with one attached hydrogen (secondary N) is 1. The molecular formula is C23H29N3. The third-order valence-electron chi connectivity index (χ3n) is 6.27. The Kier molecular flexibility index (Phi) is 4.36. The molecule has 3 nitrogen and oxygen atoms in total. The second kappa shape index (κ2) is 6.55. The molecule has 0 unspecified atom stereocenters. The number of benzene rings is 2. The molecule has 2 aromatic carbocycles. The highest BCUT2D eigenvalue weighted by molar-refractivity contribution is 5.91. The highest BCUT2D eigenvalue weighted by Gasteiger charge is 2.44.